The van der Waals surface area contributed by atoms with E-state index in [2.05, 4.69) is 23.5 Å². The summed E-state index contributed by atoms with van der Waals surface area (Å²) in [6.07, 6.45) is 1.12. The normalized spacial score (nSPS) is 21.9. The minimum Gasteiger partial charge on any atom is -0.435 e. The maximum Gasteiger partial charge on any atom is 0.387 e. The molecule has 2 rings (SSSR count). The number of halogens is 3. The van der Waals surface area contributed by atoms with E-state index in [0.29, 0.717) is 5.92 Å². The van der Waals surface area contributed by atoms with Crippen LogP contribution < -0.4 is 10.5 Å². The molecule has 1 heterocycles. The zero-order valence-electron chi connectivity index (χ0n) is 12.3. The Balaban J connectivity index is 0.00000220. The second-order valence-corrected chi connectivity index (χ2v) is 5.53. The summed E-state index contributed by atoms with van der Waals surface area (Å²) in [5, 5.41) is 0. The predicted molar refractivity (Wildman–Crippen MR) is 82.1 cm³/mol. The summed E-state index contributed by atoms with van der Waals surface area (Å²) in [6, 6.07) is 7.37. The van der Waals surface area contributed by atoms with E-state index in [9.17, 15) is 8.78 Å². The van der Waals surface area contributed by atoms with Crippen molar-refractivity contribution in [2.45, 2.75) is 39.0 Å². The van der Waals surface area contributed by atoms with Crippen LogP contribution in [0.2, 0.25) is 0 Å². The lowest BCUT2D eigenvalue weighted by Crippen LogP contribution is -2.30. The predicted octanol–water partition coefficient (Wildman–Crippen LogP) is 3.44. The molecule has 0 bridgehead atoms. The van der Waals surface area contributed by atoms with E-state index in [1.165, 1.54) is 0 Å². The van der Waals surface area contributed by atoms with Crippen LogP contribution in [0, 0.1) is 5.92 Å². The number of alkyl halides is 2. The summed E-state index contributed by atoms with van der Waals surface area (Å²) >= 11 is 0. The molecule has 0 saturated carbocycles. The van der Waals surface area contributed by atoms with Crippen LogP contribution >= 0.6 is 12.4 Å². The van der Waals surface area contributed by atoms with E-state index >= 15 is 0 Å². The molecule has 21 heavy (non-hydrogen) atoms. The molecule has 6 heteroatoms. The molecule has 1 aliphatic heterocycles. The lowest BCUT2D eigenvalue weighted by Gasteiger charge is -2.25. The van der Waals surface area contributed by atoms with Gasteiger partial charge in [-0.3, -0.25) is 4.90 Å². The van der Waals surface area contributed by atoms with Crippen molar-refractivity contribution < 1.29 is 13.5 Å². The molecule has 3 nitrogen and oxygen atoms in total. The maximum atomic E-state index is 12.1. The van der Waals surface area contributed by atoms with E-state index in [4.69, 9.17) is 5.73 Å². The van der Waals surface area contributed by atoms with Gasteiger partial charge >= 0.3 is 6.61 Å². The summed E-state index contributed by atoms with van der Waals surface area (Å²) in [5.41, 5.74) is 7.06. The standard InChI is InChI=1S/C15H22F2N2O.ClH/c1-10(18)13-7-8-19(9-13)11(2)12-3-5-14(6-4-12)20-15(16)17;/h3-6,10-11,13,15H,7-9,18H2,1-2H3;1H. The van der Waals surface area contributed by atoms with Crippen LogP contribution in [0.5, 0.6) is 5.75 Å². The molecule has 1 saturated heterocycles. The monoisotopic (exact) mass is 320 g/mol. The molecule has 3 unspecified atom stereocenters. The molecule has 1 fully saturated rings. The van der Waals surface area contributed by atoms with E-state index in [1.54, 1.807) is 12.1 Å². The van der Waals surface area contributed by atoms with Crippen LogP contribution in [0.25, 0.3) is 0 Å². The molecule has 0 amide bonds. The van der Waals surface area contributed by atoms with E-state index in [-0.39, 0.29) is 30.2 Å². The summed E-state index contributed by atoms with van der Waals surface area (Å²) in [6.45, 7) is 3.43. The Hall–Kier alpha value is -0.910. The van der Waals surface area contributed by atoms with Gasteiger partial charge in [0.05, 0.1) is 0 Å². The minimum absolute atomic E-state index is 0. The highest BCUT2D eigenvalue weighted by Gasteiger charge is 2.28. The fraction of sp³-hybridized carbons (Fsp3) is 0.600. The fourth-order valence-electron chi connectivity index (χ4n) is 2.73. The first-order valence-electron chi connectivity index (χ1n) is 7.01. The quantitative estimate of drug-likeness (QED) is 0.903. The Bertz CT molecular complexity index is 428. The topological polar surface area (TPSA) is 38.5 Å². The Kier molecular flexibility index (Phi) is 6.84. The van der Waals surface area contributed by atoms with E-state index < -0.39 is 6.61 Å². The minimum atomic E-state index is -2.77. The molecule has 1 aromatic rings. The average molecular weight is 321 g/mol. The Morgan fingerprint density at radius 2 is 1.86 bits per heavy atom. The van der Waals surface area contributed by atoms with Crippen molar-refractivity contribution in [3.05, 3.63) is 29.8 Å². The maximum absolute atomic E-state index is 12.1. The summed E-state index contributed by atoms with van der Waals surface area (Å²) < 4.78 is 28.6. The van der Waals surface area contributed by atoms with Crippen molar-refractivity contribution in [3.8, 4) is 5.75 Å². The summed E-state index contributed by atoms with van der Waals surface area (Å²) in [7, 11) is 0. The van der Waals surface area contributed by atoms with E-state index in [0.717, 1.165) is 25.1 Å². The van der Waals surface area contributed by atoms with Crippen LogP contribution in [0.1, 0.15) is 31.9 Å². The third-order valence-corrected chi connectivity index (χ3v) is 4.14. The Morgan fingerprint density at radius 3 is 2.33 bits per heavy atom. The lowest BCUT2D eigenvalue weighted by molar-refractivity contribution is -0.0498. The van der Waals surface area contributed by atoms with Crippen LogP contribution in [0.15, 0.2) is 24.3 Å². The van der Waals surface area contributed by atoms with Crippen LogP contribution in [0.3, 0.4) is 0 Å². The van der Waals surface area contributed by atoms with Gasteiger partial charge in [-0.05, 0) is 50.4 Å². The number of rotatable bonds is 5. The molecular weight excluding hydrogens is 298 g/mol. The van der Waals surface area contributed by atoms with Gasteiger partial charge in [0.1, 0.15) is 5.75 Å². The smallest absolute Gasteiger partial charge is 0.387 e. The number of nitrogens with zero attached hydrogens (tertiary/aromatic N) is 1. The van der Waals surface area contributed by atoms with Crippen molar-refractivity contribution in [1.29, 1.82) is 0 Å². The van der Waals surface area contributed by atoms with Gasteiger partial charge in [-0.15, -0.1) is 12.4 Å². The Labute approximate surface area is 130 Å². The molecule has 2 N–H and O–H groups in total. The summed E-state index contributed by atoms with van der Waals surface area (Å²) in [5.74, 6) is 0.740. The van der Waals surface area contributed by atoms with Crippen LogP contribution in [0.4, 0.5) is 8.78 Å². The molecule has 0 spiro atoms. The Morgan fingerprint density at radius 1 is 1.24 bits per heavy atom. The fourth-order valence-corrected chi connectivity index (χ4v) is 2.73. The number of nitrogens with two attached hydrogens (primary N) is 1. The van der Waals surface area contributed by atoms with Gasteiger partial charge in [0.15, 0.2) is 0 Å². The van der Waals surface area contributed by atoms with Gasteiger partial charge in [0, 0.05) is 18.6 Å². The van der Waals surface area contributed by atoms with Crippen molar-refractivity contribution in [2.75, 3.05) is 13.1 Å². The highest BCUT2D eigenvalue weighted by Crippen LogP contribution is 2.29. The second kappa shape index (κ2) is 7.92. The molecule has 0 aromatic heterocycles. The van der Waals surface area contributed by atoms with Gasteiger partial charge in [-0.25, -0.2) is 0 Å². The SMILES string of the molecule is CC(N)C1CCN(C(C)c2ccc(OC(F)F)cc2)C1.Cl. The van der Waals surface area contributed by atoms with Crippen LogP contribution in [-0.2, 0) is 0 Å². The van der Waals surface area contributed by atoms with E-state index in [1.807, 2.05) is 12.1 Å². The van der Waals surface area contributed by atoms with Gasteiger partial charge in [-0.1, -0.05) is 12.1 Å². The van der Waals surface area contributed by atoms with Crippen molar-refractivity contribution >= 4 is 12.4 Å². The molecule has 3 atom stereocenters. The first-order chi connectivity index (χ1) is 9.47. The highest BCUT2D eigenvalue weighted by molar-refractivity contribution is 5.85. The van der Waals surface area contributed by atoms with Gasteiger partial charge in [0.25, 0.3) is 0 Å². The van der Waals surface area contributed by atoms with Crippen molar-refractivity contribution in [1.82, 2.24) is 4.90 Å². The second-order valence-electron chi connectivity index (χ2n) is 5.53. The molecule has 0 aliphatic carbocycles. The summed E-state index contributed by atoms with van der Waals surface area (Å²) in [4.78, 5) is 2.39. The zero-order valence-corrected chi connectivity index (χ0v) is 13.2. The molecule has 0 radical (unpaired) electrons. The highest BCUT2D eigenvalue weighted by atomic mass is 35.5. The molecular formula is C15H23ClF2N2O. The third-order valence-electron chi connectivity index (χ3n) is 4.14. The number of ether oxygens (including phenoxy) is 1. The largest absolute Gasteiger partial charge is 0.435 e. The number of benzene rings is 1. The average Bonchev–Trinajstić information content (AvgIpc) is 2.88. The van der Waals surface area contributed by atoms with Gasteiger partial charge < -0.3 is 10.5 Å². The first-order valence-corrected chi connectivity index (χ1v) is 7.01. The molecule has 1 aromatic carbocycles. The van der Waals surface area contributed by atoms with Crippen molar-refractivity contribution in [3.63, 3.8) is 0 Å². The third kappa shape index (κ3) is 4.80. The number of hydrogen-bond donors (Lipinski definition) is 1. The molecule has 120 valence electrons. The lowest BCUT2D eigenvalue weighted by atomic mass is 10.0. The molecule has 1 aliphatic rings. The first kappa shape index (κ1) is 18.1. The number of likely N-dealkylation sites (tertiary alicyclic amines) is 1. The van der Waals surface area contributed by atoms with Crippen molar-refractivity contribution in [2.24, 2.45) is 11.7 Å². The van der Waals surface area contributed by atoms with Gasteiger partial charge in [-0.2, -0.15) is 8.78 Å². The van der Waals surface area contributed by atoms with Crippen LogP contribution in [-0.4, -0.2) is 30.6 Å². The number of hydrogen-bond acceptors (Lipinski definition) is 3. The zero-order chi connectivity index (χ0) is 14.7. The van der Waals surface area contributed by atoms with Gasteiger partial charge in [0.2, 0.25) is 0 Å².